The molecule has 0 bridgehead atoms. The topological polar surface area (TPSA) is 176 Å². The van der Waals surface area contributed by atoms with Crippen molar-refractivity contribution in [3.8, 4) is 5.75 Å². The number of phenols is 1. The van der Waals surface area contributed by atoms with Gasteiger partial charge in [-0.05, 0) is 48.9 Å². The molecule has 0 spiro atoms. The maximum absolute atomic E-state index is 13.8. The van der Waals surface area contributed by atoms with Gasteiger partial charge in [0.05, 0.1) is 22.2 Å². The normalized spacial score (nSPS) is 14.7. The van der Waals surface area contributed by atoms with Gasteiger partial charge in [-0.15, -0.1) is 0 Å². The summed E-state index contributed by atoms with van der Waals surface area (Å²) in [6, 6.07) is 9.98. The summed E-state index contributed by atoms with van der Waals surface area (Å²) in [7, 11) is -8.88. The molecule has 3 rings (SSSR count). The Morgan fingerprint density at radius 1 is 1.00 bits per heavy atom. The van der Waals surface area contributed by atoms with E-state index in [1.165, 1.54) is 24.3 Å². The largest absolute Gasteiger partial charge is 0.507 e. The average molecular weight is 608 g/mol. The number of aromatic hydroxyl groups is 1. The minimum absolute atomic E-state index is 0.384. The zero-order chi connectivity index (χ0) is 29.4. The highest BCUT2D eigenvalue weighted by Crippen LogP contribution is 2.42. The highest BCUT2D eigenvalue weighted by molar-refractivity contribution is 7.93. The number of hydrogen-bond donors (Lipinski definition) is 5. The van der Waals surface area contributed by atoms with Crippen LogP contribution in [0.1, 0.15) is 28.9 Å². The molecule has 3 aromatic rings. The number of benzene rings is 3. The van der Waals surface area contributed by atoms with Crippen LogP contribution in [0.4, 0.5) is 18.9 Å². The lowest BCUT2D eigenvalue weighted by Gasteiger charge is -2.36. The van der Waals surface area contributed by atoms with Gasteiger partial charge in [-0.1, -0.05) is 41.9 Å². The standard InChI is InChI=1S/C23H21ClF3N3O7S2/c1-22(33,23(25,26)27)20(29-21(32)15-6-2-4-8-18(15)31)14-11-10-13(12-16(14)24)39(36,37)30-17-7-3-5-9-19(17)38(28,34)35/h2-12,20,30-31,33H,1H3,(H,29,32)(H2,28,34,35). The molecule has 3 aromatic carbocycles. The Labute approximate surface area is 226 Å². The van der Waals surface area contributed by atoms with Crippen molar-refractivity contribution in [2.75, 3.05) is 4.72 Å². The molecule has 39 heavy (non-hydrogen) atoms. The van der Waals surface area contributed by atoms with Gasteiger partial charge in [-0.2, -0.15) is 13.2 Å². The summed E-state index contributed by atoms with van der Waals surface area (Å²) in [5, 5.41) is 26.9. The van der Waals surface area contributed by atoms with Crippen molar-refractivity contribution in [2.24, 2.45) is 5.14 Å². The molecule has 0 radical (unpaired) electrons. The molecule has 210 valence electrons. The number of nitrogens with one attached hydrogen (secondary N) is 2. The summed E-state index contributed by atoms with van der Waals surface area (Å²) in [5.41, 5.74) is -4.91. The first-order valence-electron chi connectivity index (χ1n) is 10.7. The number of rotatable bonds is 8. The lowest BCUT2D eigenvalue weighted by molar-refractivity contribution is -0.263. The Balaban J connectivity index is 2.05. The van der Waals surface area contributed by atoms with Gasteiger partial charge in [0.15, 0.2) is 5.60 Å². The van der Waals surface area contributed by atoms with Crippen LogP contribution in [-0.2, 0) is 20.0 Å². The highest BCUT2D eigenvalue weighted by Gasteiger charge is 2.56. The minimum atomic E-state index is -5.29. The molecule has 0 saturated heterocycles. The number of carbonyl (C=O) groups excluding carboxylic acids is 1. The van der Waals surface area contributed by atoms with Crippen molar-refractivity contribution < 1.29 is 45.0 Å². The Hall–Kier alpha value is -3.37. The SMILES string of the molecule is CC(O)(C(NC(=O)c1ccccc1O)c1ccc(S(=O)(=O)Nc2ccccc2S(N)(=O)=O)cc1Cl)C(F)(F)F. The maximum Gasteiger partial charge on any atom is 0.419 e. The molecule has 0 heterocycles. The Morgan fingerprint density at radius 2 is 1.59 bits per heavy atom. The summed E-state index contributed by atoms with van der Waals surface area (Å²) < 4.78 is 92.9. The predicted octanol–water partition coefficient (Wildman–Crippen LogP) is 3.28. The van der Waals surface area contributed by atoms with E-state index < -0.39 is 81.2 Å². The van der Waals surface area contributed by atoms with Gasteiger partial charge < -0.3 is 15.5 Å². The molecule has 0 fully saturated rings. The molecule has 2 unspecified atom stereocenters. The van der Waals surface area contributed by atoms with Crippen molar-refractivity contribution in [1.29, 1.82) is 0 Å². The van der Waals surface area contributed by atoms with Gasteiger partial charge in [0, 0.05) is 5.02 Å². The lowest BCUT2D eigenvalue weighted by Crippen LogP contribution is -2.53. The van der Waals surface area contributed by atoms with Gasteiger partial charge in [0.25, 0.3) is 15.9 Å². The number of aliphatic hydroxyl groups is 1. The highest BCUT2D eigenvalue weighted by atomic mass is 35.5. The molecule has 10 nitrogen and oxygen atoms in total. The third-order valence-electron chi connectivity index (χ3n) is 5.59. The van der Waals surface area contributed by atoms with E-state index in [-0.39, 0.29) is 0 Å². The van der Waals surface area contributed by atoms with Crippen LogP contribution >= 0.6 is 11.6 Å². The molecule has 0 aliphatic rings. The van der Waals surface area contributed by atoms with E-state index in [1.54, 1.807) is 0 Å². The maximum atomic E-state index is 13.8. The number of nitrogens with two attached hydrogens (primary N) is 1. The fraction of sp³-hybridized carbons (Fsp3) is 0.174. The van der Waals surface area contributed by atoms with Crippen molar-refractivity contribution >= 4 is 43.2 Å². The minimum Gasteiger partial charge on any atom is -0.507 e. The molecule has 6 N–H and O–H groups in total. The first-order chi connectivity index (χ1) is 17.9. The first kappa shape index (κ1) is 30.2. The van der Waals surface area contributed by atoms with Crippen molar-refractivity contribution in [2.45, 2.75) is 34.5 Å². The molecular formula is C23H21ClF3N3O7S2. The van der Waals surface area contributed by atoms with Crippen molar-refractivity contribution in [1.82, 2.24) is 5.32 Å². The van der Waals surface area contributed by atoms with Gasteiger partial charge in [-0.25, -0.2) is 22.0 Å². The van der Waals surface area contributed by atoms with Crippen molar-refractivity contribution in [3.05, 3.63) is 82.9 Å². The number of phenolic OH excluding ortho intramolecular Hbond substituents is 1. The first-order valence-corrected chi connectivity index (χ1v) is 14.1. The van der Waals surface area contributed by atoms with Crippen molar-refractivity contribution in [3.63, 3.8) is 0 Å². The van der Waals surface area contributed by atoms with Crippen LogP contribution in [0.3, 0.4) is 0 Å². The molecule has 0 saturated carbocycles. The fourth-order valence-corrected chi connectivity index (χ4v) is 5.69. The zero-order valence-corrected chi connectivity index (χ0v) is 22.2. The Kier molecular flexibility index (Phi) is 8.24. The molecule has 0 aliphatic heterocycles. The molecule has 0 aromatic heterocycles. The summed E-state index contributed by atoms with van der Waals surface area (Å²) in [4.78, 5) is 11.6. The van der Waals surface area contributed by atoms with Crippen LogP contribution < -0.4 is 15.2 Å². The van der Waals surface area contributed by atoms with Crippen LogP contribution in [0.5, 0.6) is 5.75 Å². The second-order valence-corrected chi connectivity index (χ2v) is 12.0. The van der Waals surface area contributed by atoms with Crippen LogP contribution in [-0.4, -0.2) is 44.7 Å². The number of para-hydroxylation sites is 2. The summed E-state index contributed by atoms with van der Waals surface area (Å²) >= 11 is 6.17. The van der Waals surface area contributed by atoms with E-state index >= 15 is 0 Å². The molecule has 16 heteroatoms. The number of anilines is 1. The molecule has 0 aliphatic carbocycles. The fourth-order valence-electron chi connectivity index (χ4n) is 3.47. The number of hydrogen-bond acceptors (Lipinski definition) is 7. The molecular weight excluding hydrogens is 587 g/mol. The third kappa shape index (κ3) is 6.45. The van der Waals surface area contributed by atoms with E-state index in [9.17, 15) is 45.0 Å². The molecule has 1 amide bonds. The third-order valence-corrected chi connectivity index (χ3v) is 8.25. The number of sulfonamides is 2. The summed E-state index contributed by atoms with van der Waals surface area (Å²) in [6.45, 7) is 0.384. The van der Waals surface area contributed by atoms with Crippen LogP contribution in [0, 0.1) is 0 Å². The lowest BCUT2D eigenvalue weighted by atomic mass is 9.89. The van der Waals surface area contributed by atoms with E-state index in [0.29, 0.717) is 6.92 Å². The monoisotopic (exact) mass is 607 g/mol. The smallest absolute Gasteiger partial charge is 0.419 e. The molecule has 2 atom stereocenters. The van der Waals surface area contributed by atoms with Crippen LogP contribution in [0.15, 0.2) is 76.5 Å². The van der Waals surface area contributed by atoms with Crippen LogP contribution in [0.25, 0.3) is 0 Å². The quantitative estimate of drug-likeness (QED) is 0.261. The van der Waals surface area contributed by atoms with E-state index in [1.807, 2.05) is 10.0 Å². The van der Waals surface area contributed by atoms with E-state index in [2.05, 4.69) is 0 Å². The number of halogens is 4. The van der Waals surface area contributed by atoms with Gasteiger partial charge in [-0.3, -0.25) is 9.52 Å². The van der Waals surface area contributed by atoms with Gasteiger partial charge in [0.1, 0.15) is 10.6 Å². The second-order valence-electron chi connectivity index (χ2n) is 8.40. The number of carbonyl (C=O) groups is 1. The summed E-state index contributed by atoms with van der Waals surface area (Å²) in [6.07, 6.45) is -5.29. The predicted molar refractivity (Wildman–Crippen MR) is 135 cm³/mol. The number of primary sulfonamides is 1. The van der Waals surface area contributed by atoms with Gasteiger partial charge >= 0.3 is 6.18 Å². The zero-order valence-electron chi connectivity index (χ0n) is 19.8. The van der Waals surface area contributed by atoms with E-state index in [4.69, 9.17) is 16.7 Å². The van der Waals surface area contributed by atoms with E-state index in [0.717, 1.165) is 42.5 Å². The number of alkyl halides is 3. The average Bonchev–Trinajstić information content (AvgIpc) is 2.81. The summed E-state index contributed by atoms with van der Waals surface area (Å²) in [5.74, 6) is -1.73. The van der Waals surface area contributed by atoms with Gasteiger partial charge in [0.2, 0.25) is 10.0 Å². The Morgan fingerprint density at radius 3 is 2.15 bits per heavy atom. The second kappa shape index (κ2) is 10.7. The van der Waals surface area contributed by atoms with Crippen LogP contribution in [0.2, 0.25) is 5.02 Å². The number of amides is 1. The Bertz CT molecular complexity index is 1630.